The summed E-state index contributed by atoms with van der Waals surface area (Å²) < 4.78 is 7.81. The molecule has 0 spiro atoms. The van der Waals surface area contributed by atoms with Gasteiger partial charge in [-0.2, -0.15) is 5.10 Å². The van der Waals surface area contributed by atoms with Crippen molar-refractivity contribution in [1.29, 1.82) is 0 Å². The quantitative estimate of drug-likeness (QED) is 0.772. The molecular formula is C23H33ClN4O2. The van der Waals surface area contributed by atoms with Gasteiger partial charge in [-0.25, -0.2) is 0 Å². The molecule has 2 heterocycles. The molecule has 2 aliphatic carbocycles. The highest BCUT2D eigenvalue weighted by atomic mass is 35.5. The third-order valence-electron chi connectivity index (χ3n) is 7.05. The molecule has 3 aliphatic rings. The van der Waals surface area contributed by atoms with Crippen molar-refractivity contribution in [2.75, 3.05) is 13.2 Å². The third kappa shape index (κ3) is 4.82. The molecule has 0 radical (unpaired) electrons. The highest BCUT2D eigenvalue weighted by Crippen LogP contribution is 2.37. The number of hydrogen-bond donors (Lipinski definition) is 1. The zero-order valence-electron chi connectivity index (χ0n) is 18.0. The molecule has 164 valence electrons. The summed E-state index contributed by atoms with van der Waals surface area (Å²) in [5.41, 5.74) is 9.42. The van der Waals surface area contributed by atoms with Crippen LogP contribution in [-0.4, -0.2) is 51.9 Å². The van der Waals surface area contributed by atoms with Crippen LogP contribution in [0.2, 0.25) is 0 Å². The SMILES string of the molecule is Cc1cc(C2CCC(N3C[C@H](C(N)=O)OC[C@@H]3CC3=CC=C(Cl)CC3)CC2)nn1C. The molecule has 1 saturated carbocycles. The molecule has 2 fully saturated rings. The number of rotatable bonds is 5. The summed E-state index contributed by atoms with van der Waals surface area (Å²) in [6.45, 7) is 3.26. The largest absolute Gasteiger partial charge is 0.367 e. The number of allylic oxidation sites excluding steroid dienone is 3. The summed E-state index contributed by atoms with van der Waals surface area (Å²) in [6, 6.07) is 2.97. The van der Waals surface area contributed by atoms with Crippen molar-refractivity contribution in [3.8, 4) is 0 Å². The second-order valence-corrected chi connectivity index (χ2v) is 9.54. The Bertz CT molecular complexity index is 819. The van der Waals surface area contributed by atoms with Gasteiger partial charge in [0.2, 0.25) is 5.91 Å². The second-order valence-electron chi connectivity index (χ2n) is 9.06. The van der Waals surface area contributed by atoms with Gasteiger partial charge in [0.25, 0.3) is 0 Å². The molecular weight excluding hydrogens is 400 g/mol. The predicted octanol–water partition coefficient (Wildman–Crippen LogP) is 3.54. The topological polar surface area (TPSA) is 73.4 Å². The number of nitrogens with two attached hydrogens (primary N) is 1. The highest BCUT2D eigenvalue weighted by Gasteiger charge is 2.38. The Morgan fingerprint density at radius 1 is 1.27 bits per heavy atom. The highest BCUT2D eigenvalue weighted by molar-refractivity contribution is 6.29. The molecule has 1 aromatic heterocycles. The van der Waals surface area contributed by atoms with E-state index in [4.69, 9.17) is 27.2 Å². The lowest BCUT2D eigenvalue weighted by molar-refractivity contribution is -0.142. The van der Waals surface area contributed by atoms with Gasteiger partial charge in [0.15, 0.2) is 0 Å². The van der Waals surface area contributed by atoms with Gasteiger partial charge in [-0.15, -0.1) is 0 Å². The standard InChI is InChI=1S/C23H33ClN4O2/c1-15-11-21(26-27(15)2)17-5-9-19(10-6-17)28-13-22(23(25)29)30-14-20(28)12-16-3-7-18(24)8-4-16/h3,7,11,17,19-20,22H,4-6,8-10,12-14H2,1-2H3,(H2,25,29)/t17?,19?,20-,22+/m0/s1. The summed E-state index contributed by atoms with van der Waals surface area (Å²) in [5, 5.41) is 5.63. The molecule has 0 unspecified atom stereocenters. The van der Waals surface area contributed by atoms with E-state index in [1.165, 1.54) is 17.0 Å². The van der Waals surface area contributed by atoms with Crippen LogP contribution in [0.1, 0.15) is 62.3 Å². The number of halogens is 1. The molecule has 1 amide bonds. The lowest BCUT2D eigenvalue weighted by atomic mass is 9.82. The van der Waals surface area contributed by atoms with E-state index in [-0.39, 0.29) is 11.9 Å². The molecule has 1 aromatic rings. The fraction of sp³-hybridized carbons (Fsp3) is 0.652. The Morgan fingerprint density at radius 3 is 2.63 bits per heavy atom. The van der Waals surface area contributed by atoms with Crippen LogP contribution in [0.4, 0.5) is 0 Å². The van der Waals surface area contributed by atoms with Crippen LogP contribution in [0.15, 0.2) is 28.8 Å². The Morgan fingerprint density at radius 2 is 2.03 bits per heavy atom. The number of nitrogens with zero attached hydrogens (tertiary/aromatic N) is 3. The van der Waals surface area contributed by atoms with E-state index in [9.17, 15) is 4.79 Å². The van der Waals surface area contributed by atoms with E-state index < -0.39 is 6.10 Å². The minimum Gasteiger partial charge on any atom is -0.367 e. The maximum Gasteiger partial charge on any atom is 0.247 e. The minimum absolute atomic E-state index is 0.288. The number of hydrogen-bond acceptors (Lipinski definition) is 4. The number of aryl methyl sites for hydroxylation is 2. The van der Waals surface area contributed by atoms with Crippen LogP contribution in [0, 0.1) is 6.92 Å². The smallest absolute Gasteiger partial charge is 0.247 e. The Labute approximate surface area is 184 Å². The van der Waals surface area contributed by atoms with E-state index in [2.05, 4.69) is 24.0 Å². The van der Waals surface area contributed by atoms with Crippen molar-refractivity contribution in [3.05, 3.63) is 40.2 Å². The lowest BCUT2D eigenvalue weighted by Gasteiger charge is -2.45. The lowest BCUT2D eigenvalue weighted by Crippen LogP contribution is -2.57. The van der Waals surface area contributed by atoms with Crippen LogP contribution in [0.3, 0.4) is 0 Å². The maximum absolute atomic E-state index is 11.8. The number of carbonyl (C=O) groups excluding carboxylic acids is 1. The number of amides is 1. The van der Waals surface area contributed by atoms with Crippen molar-refractivity contribution >= 4 is 17.5 Å². The van der Waals surface area contributed by atoms with Crippen molar-refractivity contribution in [1.82, 2.24) is 14.7 Å². The maximum atomic E-state index is 11.8. The first-order valence-corrected chi connectivity index (χ1v) is 11.5. The fourth-order valence-corrected chi connectivity index (χ4v) is 5.29. The van der Waals surface area contributed by atoms with Gasteiger partial charge in [-0.05, 0) is 64.0 Å². The summed E-state index contributed by atoms with van der Waals surface area (Å²) >= 11 is 6.13. The van der Waals surface area contributed by atoms with Crippen molar-refractivity contribution in [2.24, 2.45) is 12.8 Å². The Hall–Kier alpha value is -1.63. The molecule has 30 heavy (non-hydrogen) atoms. The van der Waals surface area contributed by atoms with Crippen LogP contribution >= 0.6 is 11.6 Å². The first-order valence-electron chi connectivity index (χ1n) is 11.1. The van der Waals surface area contributed by atoms with E-state index in [1.807, 2.05) is 17.8 Å². The van der Waals surface area contributed by atoms with Gasteiger partial charge in [0.05, 0.1) is 12.3 Å². The van der Waals surface area contributed by atoms with E-state index >= 15 is 0 Å². The zero-order chi connectivity index (χ0) is 21.3. The van der Waals surface area contributed by atoms with E-state index in [1.54, 1.807) is 0 Å². The molecule has 2 N–H and O–H groups in total. The fourth-order valence-electron chi connectivity index (χ4n) is 5.13. The number of primary amides is 1. The summed E-state index contributed by atoms with van der Waals surface area (Å²) in [4.78, 5) is 14.3. The average molecular weight is 433 g/mol. The number of ether oxygens (including phenoxy) is 1. The molecule has 1 saturated heterocycles. The first kappa shape index (κ1) is 21.6. The molecule has 0 aromatic carbocycles. The summed E-state index contributed by atoms with van der Waals surface area (Å²) in [5.74, 6) is 0.170. The van der Waals surface area contributed by atoms with Gasteiger partial charge >= 0.3 is 0 Å². The monoisotopic (exact) mass is 432 g/mol. The van der Waals surface area contributed by atoms with Gasteiger partial charge < -0.3 is 10.5 Å². The third-order valence-corrected chi connectivity index (χ3v) is 7.37. The van der Waals surface area contributed by atoms with Crippen LogP contribution in [0.5, 0.6) is 0 Å². The van der Waals surface area contributed by atoms with Crippen molar-refractivity contribution in [2.45, 2.75) is 76.0 Å². The number of carbonyl (C=O) groups is 1. The van der Waals surface area contributed by atoms with E-state index in [0.717, 1.165) is 50.0 Å². The number of morpholine rings is 1. The molecule has 4 rings (SSSR count). The van der Waals surface area contributed by atoms with Crippen molar-refractivity contribution in [3.63, 3.8) is 0 Å². The first-order chi connectivity index (χ1) is 14.4. The minimum atomic E-state index is -0.507. The van der Waals surface area contributed by atoms with Crippen LogP contribution < -0.4 is 5.73 Å². The Balaban J connectivity index is 1.43. The van der Waals surface area contributed by atoms with Gasteiger partial charge in [-0.3, -0.25) is 14.4 Å². The summed E-state index contributed by atoms with van der Waals surface area (Å²) in [6.07, 6.45) is 11.1. The average Bonchev–Trinajstić information content (AvgIpc) is 3.08. The summed E-state index contributed by atoms with van der Waals surface area (Å²) in [7, 11) is 2.01. The molecule has 0 bridgehead atoms. The number of aromatic nitrogens is 2. The van der Waals surface area contributed by atoms with Crippen LogP contribution in [-0.2, 0) is 16.6 Å². The van der Waals surface area contributed by atoms with Crippen LogP contribution in [0.25, 0.3) is 0 Å². The normalized spacial score (nSPS) is 30.6. The van der Waals surface area contributed by atoms with Gasteiger partial charge in [-0.1, -0.05) is 23.3 Å². The molecule has 1 aliphatic heterocycles. The molecule has 2 atom stereocenters. The Kier molecular flexibility index (Phi) is 6.66. The second kappa shape index (κ2) is 9.25. The van der Waals surface area contributed by atoms with Gasteiger partial charge in [0, 0.05) is 42.3 Å². The molecule has 7 heteroatoms. The zero-order valence-corrected chi connectivity index (χ0v) is 18.8. The molecule has 6 nitrogen and oxygen atoms in total. The van der Waals surface area contributed by atoms with E-state index in [0.29, 0.717) is 25.1 Å². The predicted molar refractivity (Wildman–Crippen MR) is 118 cm³/mol. The van der Waals surface area contributed by atoms with Crippen molar-refractivity contribution < 1.29 is 9.53 Å². The van der Waals surface area contributed by atoms with Gasteiger partial charge in [0.1, 0.15) is 6.10 Å².